The van der Waals surface area contributed by atoms with E-state index in [1.165, 1.54) is 28.9 Å². The van der Waals surface area contributed by atoms with Crippen molar-refractivity contribution >= 4 is 49.2 Å². The van der Waals surface area contributed by atoms with Crippen molar-refractivity contribution in [3.8, 4) is 11.5 Å². The third-order valence-corrected chi connectivity index (χ3v) is 8.23. The predicted octanol–water partition coefficient (Wildman–Crippen LogP) is 5.04. The number of carbonyl (C=O) groups is 1. The van der Waals surface area contributed by atoms with Crippen molar-refractivity contribution in [2.24, 2.45) is 0 Å². The van der Waals surface area contributed by atoms with Gasteiger partial charge >= 0.3 is 6.09 Å². The molecule has 1 fully saturated rings. The minimum atomic E-state index is -4.36. The van der Waals surface area contributed by atoms with Crippen molar-refractivity contribution in [1.82, 2.24) is 9.88 Å². The number of nitrogens with zero attached hydrogens (tertiary/aromatic N) is 3. The molecule has 12 heteroatoms. The van der Waals surface area contributed by atoms with Crippen molar-refractivity contribution in [1.29, 1.82) is 0 Å². The summed E-state index contributed by atoms with van der Waals surface area (Å²) in [5, 5.41) is 1.57. The highest BCUT2D eigenvalue weighted by molar-refractivity contribution is 9.10. The van der Waals surface area contributed by atoms with Gasteiger partial charge in [0.2, 0.25) is 0 Å². The molecule has 0 N–H and O–H groups in total. The molecule has 3 aromatic rings. The molecule has 0 atom stereocenters. The van der Waals surface area contributed by atoms with Gasteiger partial charge in [0.1, 0.15) is 22.2 Å². The minimum absolute atomic E-state index is 0.0706. The number of likely N-dealkylation sites (tertiary alicyclic amines) is 1. The van der Waals surface area contributed by atoms with E-state index in [-0.39, 0.29) is 22.6 Å². The molecule has 180 valence electrons. The molecule has 0 spiro atoms. The SMILES string of the molecule is COc1ccc(CN(c2cscn2)S(=O)(=O)c2cc(Br)c(OC(=O)N3CCCC3)cc2F)cc1. The minimum Gasteiger partial charge on any atom is -0.497 e. The van der Waals surface area contributed by atoms with E-state index in [9.17, 15) is 13.2 Å². The number of halogens is 2. The summed E-state index contributed by atoms with van der Waals surface area (Å²) in [5.41, 5.74) is 2.16. The monoisotopic (exact) mass is 569 g/mol. The van der Waals surface area contributed by atoms with E-state index in [1.54, 1.807) is 29.6 Å². The van der Waals surface area contributed by atoms with Crippen LogP contribution in [-0.2, 0) is 16.6 Å². The molecule has 1 aromatic heterocycles. The molecule has 8 nitrogen and oxygen atoms in total. The summed E-state index contributed by atoms with van der Waals surface area (Å²) in [4.78, 5) is 17.4. The van der Waals surface area contributed by atoms with Crippen LogP contribution in [0, 0.1) is 5.82 Å². The average molecular weight is 570 g/mol. The summed E-state index contributed by atoms with van der Waals surface area (Å²) in [6, 6.07) is 8.87. The molecule has 4 rings (SSSR count). The fourth-order valence-corrected chi connectivity index (χ4v) is 6.14. The lowest BCUT2D eigenvalue weighted by Crippen LogP contribution is -2.32. The second kappa shape index (κ2) is 10.3. The van der Waals surface area contributed by atoms with Crippen molar-refractivity contribution < 1.29 is 27.1 Å². The van der Waals surface area contributed by atoms with E-state index in [0.29, 0.717) is 24.4 Å². The second-order valence-electron chi connectivity index (χ2n) is 7.48. The summed E-state index contributed by atoms with van der Waals surface area (Å²) in [7, 11) is -2.83. The van der Waals surface area contributed by atoms with Crippen molar-refractivity contribution in [3.63, 3.8) is 0 Å². The summed E-state index contributed by atoms with van der Waals surface area (Å²) in [6.45, 7) is 1.07. The third kappa shape index (κ3) is 5.18. The van der Waals surface area contributed by atoms with Crippen LogP contribution in [0.3, 0.4) is 0 Å². The van der Waals surface area contributed by atoms with Crippen molar-refractivity contribution in [3.05, 3.63) is 63.1 Å². The van der Waals surface area contributed by atoms with Gasteiger partial charge in [-0.3, -0.25) is 0 Å². The summed E-state index contributed by atoms with van der Waals surface area (Å²) < 4.78 is 53.9. The zero-order valence-electron chi connectivity index (χ0n) is 18.1. The summed E-state index contributed by atoms with van der Waals surface area (Å²) in [6.07, 6.45) is 1.15. The molecule has 0 unspecified atom stereocenters. The van der Waals surface area contributed by atoms with Crippen LogP contribution in [-0.4, -0.2) is 44.6 Å². The third-order valence-electron chi connectivity index (χ3n) is 5.28. The van der Waals surface area contributed by atoms with Gasteiger partial charge in [-0.15, -0.1) is 11.3 Å². The number of anilines is 1. The van der Waals surface area contributed by atoms with E-state index < -0.39 is 26.8 Å². The maximum atomic E-state index is 15.1. The summed E-state index contributed by atoms with van der Waals surface area (Å²) in [5.74, 6) is -0.340. The Morgan fingerprint density at radius 2 is 1.94 bits per heavy atom. The van der Waals surface area contributed by atoms with Crippen LogP contribution in [0.15, 0.2) is 56.7 Å². The van der Waals surface area contributed by atoms with Crippen LogP contribution in [0.2, 0.25) is 0 Å². The Morgan fingerprint density at radius 1 is 1.24 bits per heavy atom. The number of ether oxygens (including phenoxy) is 2. The first kappa shape index (κ1) is 24.4. The largest absolute Gasteiger partial charge is 0.497 e. The maximum Gasteiger partial charge on any atom is 0.415 e. The van der Waals surface area contributed by atoms with E-state index in [4.69, 9.17) is 9.47 Å². The quantitative estimate of drug-likeness (QED) is 0.396. The fourth-order valence-electron chi connectivity index (χ4n) is 3.48. The van der Waals surface area contributed by atoms with E-state index in [0.717, 1.165) is 29.3 Å². The van der Waals surface area contributed by atoms with Crippen LogP contribution in [0.1, 0.15) is 18.4 Å². The molecule has 1 aliphatic rings. The molecular weight excluding hydrogens is 549 g/mol. The Bertz CT molecular complexity index is 1260. The molecule has 0 aliphatic carbocycles. The summed E-state index contributed by atoms with van der Waals surface area (Å²) >= 11 is 4.44. The fraction of sp³-hybridized carbons (Fsp3) is 0.273. The Balaban J connectivity index is 1.65. The number of benzene rings is 2. The van der Waals surface area contributed by atoms with Gasteiger partial charge in [-0.2, -0.15) is 0 Å². The molecule has 1 saturated heterocycles. The Labute approximate surface area is 209 Å². The zero-order valence-corrected chi connectivity index (χ0v) is 21.3. The molecule has 34 heavy (non-hydrogen) atoms. The van der Waals surface area contributed by atoms with Gasteiger partial charge in [0, 0.05) is 24.5 Å². The topological polar surface area (TPSA) is 89.0 Å². The highest BCUT2D eigenvalue weighted by Crippen LogP contribution is 2.34. The Morgan fingerprint density at radius 3 is 2.56 bits per heavy atom. The van der Waals surface area contributed by atoms with Gasteiger partial charge in [0.05, 0.1) is 23.6 Å². The van der Waals surface area contributed by atoms with Crippen LogP contribution in [0.5, 0.6) is 11.5 Å². The van der Waals surface area contributed by atoms with E-state index >= 15 is 4.39 Å². The Kier molecular flexibility index (Phi) is 7.39. The number of methoxy groups -OCH3 is 1. The van der Waals surface area contributed by atoms with Crippen LogP contribution in [0.4, 0.5) is 15.0 Å². The lowest BCUT2D eigenvalue weighted by Gasteiger charge is -2.23. The van der Waals surface area contributed by atoms with Crippen LogP contribution < -0.4 is 13.8 Å². The van der Waals surface area contributed by atoms with Gasteiger partial charge in [-0.05, 0) is 52.5 Å². The van der Waals surface area contributed by atoms with Crippen molar-refractivity contribution in [2.45, 2.75) is 24.3 Å². The molecule has 0 radical (unpaired) electrons. The van der Waals surface area contributed by atoms with Gasteiger partial charge < -0.3 is 14.4 Å². The molecular formula is C22H21BrFN3O5S2. The molecule has 0 bridgehead atoms. The molecule has 1 amide bonds. The molecule has 2 aromatic carbocycles. The average Bonchev–Trinajstić information content (AvgIpc) is 3.54. The predicted molar refractivity (Wildman–Crippen MR) is 129 cm³/mol. The number of hydrogen-bond acceptors (Lipinski definition) is 7. The normalized spacial score (nSPS) is 13.7. The maximum absolute atomic E-state index is 15.1. The number of hydrogen-bond donors (Lipinski definition) is 0. The number of sulfonamides is 1. The molecule has 0 saturated carbocycles. The smallest absolute Gasteiger partial charge is 0.415 e. The highest BCUT2D eigenvalue weighted by Gasteiger charge is 2.31. The van der Waals surface area contributed by atoms with Crippen LogP contribution >= 0.6 is 27.3 Å². The van der Waals surface area contributed by atoms with Gasteiger partial charge in [-0.25, -0.2) is 26.9 Å². The highest BCUT2D eigenvalue weighted by atomic mass is 79.9. The number of rotatable bonds is 7. The van der Waals surface area contributed by atoms with E-state index in [1.807, 2.05) is 0 Å². The number of amides is 1. The van der Waals surface area contributed by atoms with Gasteiger partial charge in [0.25, 0.3) is 10.0 Å². The van der Waals surface area contributed by atoms with E-state index in [2.05, 4.69) is 20.9 Å². The van der Waals surface area contributed by atoms with Gasteiger partial charge in [0.15, 0.2) is 5.82 Å². The van der Waals surface area contributed by atoms with Crippen LogP contribution in [0.25, 0.3) is 0 Å². The number of carbonyl (C=O) groups excluding carboxylic acids is 1. The number of thiazole rings is 1. The van der Waals surface area contributed by atoms with Crippen molar-refractivity contribution in [2.75, 3.05) is 24.5 Å². The Hall–Kier alpha value is -2.70. The second-order valence-corrected chi connectivity index (χ2v) is 10.9. The van der Waals surface area contributed by atoms with Gasteiger partial charge in [-0.1, -0.05) is 12.1 Å². The lowest BCUT2D eigenvalue weighted by molar-refractivity contribution is 0.162. The first-order chi connectivity index (χ1) is 16.3. The first-order valence-corrected chi connectivity index (χ1v) is 13.5. The molecule has 1 aliphatic heterocycles. The molecule has 2 heterocycles. The first-order valence-electron chi connectivity index (χ1n) is 10.3. The lowest BCUT2D eigenvalue weighted by atomic mass is 10.2. The zero-order chi connectivity index (χ0) is 24.3. The number of aromatic nitrogens is 1. The standard InChI is InChI=1S/C22H21BrFN3O5S2/c1-31-16-6-4-15(5-7-16)12-27(21-13-33-14-25-21)34(29,30)20-10-17(23)19(11-18(20)24)32-22(28)26-8-2-3-9-26/h4-7,10-11,13-14H,2-3,8-9,12H2,1H3.